The van der Waals surface area contributed by atoms with E-state index in [1.807, 2.05) is 18.2 Å². The summed E-state index contributed by atoms with van der Waals surface area (Å²) in [5.41, 5.74) is 20.5. The third-order valence-electron chi connectivity index (χ3n) is 6.15. The zero-order valence-corrected chi connectivity index (χ0v) is 17.5. The predicted octanol–water partition coefficient (Wildman–Crippen LogP) is 5.15. The predicted molar refractivity (Wildman–Crippen MR) is 128 cm³/mol. The molecule has 0 heterocycles. The molecule has 33 heavy (non-hydrogen) atoms. The van der Waals surface area contributed by atoms with Crippen molar-refractivity contribution in [3.05, 3.63) is 95.1 Å². The molecule has 0 unspecified atom stereocenters. The Morgan fingerprint density at radius 3 is 1.88 bits per heavy atom. The summed E-state index contributed by atoms with van der Waals surface area (Å²) >= 11 is 0. The van der Waals surface area contributed by atoms with Gasteiger partial charge in [0.1, 0.15) is 0 Å². The number of carboxylic acids is 2. The van der Waals surface area contributed by atoms with E-state index in [0.29, 0.717) is 0 Å². The molecule has 4 aromatic carbocycles. The number of anilines is 2. The van der Waals surface area contributed by atoms with E-state index < -0.39 is 11.9 Å². The van der Waals surface area contributed by atoms with Gasteiger partial charge in [0.2, 0.25) is 0 Å². The maximum atomic E-state index is 11.5. The molecule has 0 aliphatic heterocycles. The quantitative estimate of drug-likeness (QED) is 0.289. The first-order chi connectivity index (χ1) is 15.8. The van der Waals surface area contributed by atoms with Crippen molar-refractivity contribution in [2.75, 3.05) is 11.5 Å². The summed E-state index contributed by atoms with van der Waals surface area (Å²) in [6, 6.07) is 22.1. The lowest BCUT2D eigenvalue weighted by molar-refractivity contribution is 0.0687. The Kier molecular flexibility index (Phi) is 4.64. The fourth-order valence-corrected chi connectivity index (χ4v) is 4.62. The molecule has 0 aromatic heterocycles. The third-order valence-corrected chi connectivity index (χ3v) is 6.15. The van der Waals surface area contributed by atoms with Crippen molar-refractivity contribution in [1.29, 1.82) is 0 Å². The zero-order chi connectivity index (χ0) is 23.3. The highest BCUT2D eigenvalue weighted by atomic mass is 16.4. The van der Waals surface area contributed by atoms with Crippen LogP contribution in [0.4, 0.5) is 11.4 Å². The van der Waals surface area contributed by atoms with Gasteiger partial charge in [-0.05, 0) is 75.2 Å². The SMILES string of the molecule is Nc1cc(-c2ccc3c(c2-c2ccc(C(=O)O)c(N)c2)Cc2ccccc2-3)ccc1C(=O)O. The maximum absolute atomic E-state index is 11.5. The van der Waals surface area contributed by atoms with Gasteiger partial charge in [-0.25, -0.2) is 9.59 Å². The molecule has 6 N–H and O–H groups in total. The molecule has 5 rings (SSSR count). The summed E-state index contributed by atoms with van der Waals surface area (Å²) in [6.07, 6.45) is 0.720. The molecule has 1 aliphatic rings. The van der Waals surface area contributed by atoms with E-state index in [1.54, 1.807) is 24.3 Å². The Hall–Kier alpha value is -4.58. The number of rotatable bonds is 4. The van der Waals surface area contributed by atoms with Gasteiger partial charge in [-0.15, -0.1) is 0 Å². The van der Waals surface area contributed by atoms with E-state index in [4.69, 9.17) is 11.5 Å². The Morgan fingerprint density at radius 2 is 1.24 bits per heavy atom. The van der Waals surface area contributed by atoms with Crippen LogP contribution < -0.4 is 11.5 Å². The van der Waals surface area contributed by atoms with Crippen molar-refractivity contribution in [2.45, 2.75) is 6.42 Å². The smallest absolute Gasteiger partial charge is 0.337 e. The van der Waals surface area contributed by atoms with Crippen LogP contribution in [-0.4, -0.2) is 22.2 Å². The van der Waals surface area contributed by atoms with Gasteiger partial charge >= 0.3 is 11.9 Å². The largest absolute Gasteiger partial charge is 0.478 e. The number of aromatic carboxylic acids is 2. The van der Waals surface area contributed by atoms with Crippen LogP contribution in [0.25, 0.3) is 33.4 Å². The topological polar surface area (TPSA) is 127 Å². The summed E-state index contributed by atoms with van der Waals surface area (Å²) in [4.78, 5) is 22.9. The van der Waals surface area contributed by atoms with Crippen LogP contribution in [-0.2, 0) is 6.42 Å². The maximum Gasteiger partial charge on any atom is 0.337 e. The van der Waals surface area contributed by atoms with Gasteiger partial charge in [-0.3, -0.25) is 0 Å². The number of carbonyl (C=O) groups is 2. The van der Waals surface area contributed by atoms with Gasteiger partial charge < -0.3 is 21.7 Å². The normalized spacial score (nSPS) is 11.6. The Labute approximate surface area is 189 Å². The molecule has 6 nitrogen and oxygen atoms in total. The summed E-state index contributed by atoms with van der Waals surface area (Å²) < 4.78 is 0. The first kappa shape index (κ1) is 20.3. The highest BCUT2D eigenvalue weighted by molar-refractivity contribution is 5.99. The minimum Gasteiger partial charge on any atom is -0.478 e. The highest BCUT2D eigenvalue weighted by Gasteiger charge is 2.25. The Bertz CT molecular complexity index is 1470. The molecule has 0 saturated heterocycles. The van der Waals surface area contributed by atoms with Crippen LogP contribution >= 0.6 is 0 Å². The van der Waals surface area contributed by atoms with Crippen LogP contribution in [0.2, 0.25) is 0 Å². The number of nitrogen functional groups attached to an aromatic ring is 2. The lowest BCUT2D eigenvalue weighted by Crippen LogP contribution is -2.03. The lowest BCUT2D eigenvalue weighted by atomic mass is 9.87. The monoisotopic (exact) mass is 436 g/mol. The average molecular weight is 436 g/mol. The van der Waals surface area contributed by atoms with Crippen LogP contribution in [0.3, 0.4) is 0 Å². The Balaban J connectivity index is 1.77. The minimum atomic E-state index is -1.08. The molecular formula is C27H20N2O4. The lowest BCUT2D eigenvalue weighted by Gasteiger charge is -2.17. The van der Waals surface area contributed by atoms with Gasteiger partial charge in [-0.1, -0.05) is 48.5 Å². The van der Waals surface area contributed by atoms with E-state index in [1.165, 1.54) is 17.7 Å². The Morgan fingerprint density at radius 1 is 0.667 bits per heavy atom. The average Bonchev–Trinajstić information content (AvgIpc) is 3.16. The summed E-state index contributed by atoms with van der Waals surface area (Å²) in [5, 5.41) is 18.7. The van der Waals surface area contributed by atoms with Crippen LogP contribution in [0.5, 0.6) is 0 Å². The highest BCUT2D eigenvalue weighted by Crippen LogP contribution is 2.46. The molecule has 0 saturated carbocycles. The molecule has 0 fully saturated rings. The molecule has 162 valence electrons. The second-order valence-corrected chi connectivity index (χ2v) is 8.06. The number of hydrogen-bond donors (Lipinski definition) is 4. The van der Waals surface area contributed by atoms with E-state index in [0.717, 1.165) is 45.4 Å². The van der Waals surface area contributed by atoms with Gasteiger partial charge in [-0.2, -0.15) is 0 Å². The van der Waals surface area contributed by atoms with Crippen molar-refractivity contribution in [2.24, 2.45) is 0 Å². The summed E-state index contributed by atoms with van der Waals surface area (Å²) in [7, 11) is 0. The van der Waals surface area contributed by atoms with E-state index in [-0.39, 0.29) is 22.5 Å². The van der Waals surface area contributed by atoms with E-state index in [9.17, 15) is 19.8 Å². The van der Waals surface area contributed by atoms with E-state index in [2.05, 4.69) is 18.2 Å². The van der Waals surface area contributed by atoms with Crippen LogP contribution in [0, 0.1) is 0 Å². The molecule has 0 amide bonds. The van der Waals surface area contributed by atoms with Crippen molar-refractivity contribution in [3.63, 3.8) is 0 Å². The molecular weight excluding hydrogens is 416 g/mol. The number of fused-ring (bicyclic) bond motifs is 3. The number of hydrogen-bond acceptors (Lipinski definition) is 4. The first-order valence-electron chi connectivity index (χ1n) is 10.4. The van der Waals surface area contributed by atoms with Crippen LogP contribution in [0.15, 0.2) is 72.8 Å². The number of nitrogens with two attached hydrogens (primary N) is 2. The number of benzene rings is 4. The number of carboxylic acid groups (broad SMARTS) is 2. The van der Waals surface area contributed by atoms with Crippen molar-refractivity contribution in [3.8, 4) is 33.4 Å². The fraction of sp³-hybridized carbons (Fsp3) is 0.0370. The second kappa shape index (κ2) is 7.53. The minimum absolute atomic E-state index is 0.0453. The molecule has 1 aliphatic carbocycles. The van der Waals surface area contributed by atoms with Gasteiger partial charge in [0, 0.05) is 11.4 Å². The summed E-state index contributed by atoms with van der Waals surface area (Å²) in [6.45, 7) is 0. The molecule has 0 spiro atoms. The second-order valence-electron chi connectivity index (χ2n) is 8.06. The van der Waals surface area contributed by atoms with Gasteiger partial charge in [0.15, 0.2) is 0 Å². The molecule has 0 radical (unpaired) electrons. The molecule has 6 heteroatoms. The summed E-state index contributed by atoms with van der Waals surface area (Å²) in [5.74, 6) is -2.16. The van der Waals surface area contributed by atoms with Crippen molar-refractivity contribution < 1.29 is 19.8 Å². The third kappa shape index (κ3) is 3.29. The van der Waals surface area contributed by atoms with Crippen LogP contribution in [0.1, 0.15) is 31.8 Å². The molecule has 0 bridgehead atoms. The van der Waals surface area contributed by atoms with Crippen molar-refractivity contribution in [1.82, 2.24) is 0 Å². The molecule has 4 aromatic rings. The van der Waals surface area contributed by atoms with E-state index >= 15 is 0 Å². The zero-order valence-electron chi connectivity index (χ0n) is 17.5. The molecule has 0 atom stereocenters. The fourth-order valence-electron chi connectivity index (χ4n) is 4.62. The first-order valence-corrected chi connectivity index (χ1v) is 10.4. The van der Waals surface area contributed by atoms with Gasteiger partial charge in [0.05, 0.1) is 11.1 Å². The van der Waals surface area contributed by atoms with Crippen molar-refractivity contribution >= 4 is 23.3 Å². The van der Waals surface area contributed by atoms with Gasteiger partial charge in [0.25, 0.3) is 0 Å². The standard InChI is InChI=1S/C27H20N2O4/c28-23-12-15(5-7-20(23)26(30)31)18-9-10-19-17-4-2-1-3-14(17)11-22(19)25(18)16-6-8-21(27(32)33)24(29)13-16/h1-10,12-13H,11,28-29H2,(H,30,31)(H,32,33).